The normalized spacial score (nSPS) is 14.9. The van der Waals surface area contributed by atoms with Crippen LogP contribution < -0.4 is 4.74 Å². The van der Waals surface area contributed by atoms with Gasteiger partial charge < -0.3 is 14.4 Å². The predicted octanol–water partition coefficient (Wildman–Crippen LogP) is 3.52. The summed E-state index contributed by atoms with van der Waals surface area (Å²) in [6, 6.07) is 13.4. The number of carbonyl (C=O) groups is 2. The van der Waals surface area contributed by atoms with Crippen LogP contribution in [0.2, 0.25) is 0 Å². The molecule has 160 valence electrons. The van der Waals surface area contributed by atoms with Crippen molar-refractivity contribution in [2.45, 2.75) is 13.3 Å². The molecule has 0 aromatic heterocycles. The third-order valence-corrected chi connectivity index (χ3v) is 5.08. The number of benzene rings is 2. The van der Waals surface area contributed by atoms with Gasteiger partial charge in [0.1, 0.15) is 5.75 Å². The number of rotatable bonds is 7. The molecule has 0 unspecified atom stereocenters. The average Bonchev–Trinajstić information content (AvgIpc) is 3.01. The molecule has 1 amide bonds. The van der Waals surface area contributed by atoms with Crippen LogP contribution in [0.1, 0.15) is 18.1 Å². The summed E-state index contributed by atoms with van der Waals surface area (Å²) in [5.41, 5.74) is 2.16. The predicted molar refractivity (Wildman–Crippen MR) is 114 cm³/mol. The fourth-order valence-corrected chi connectivity index (χ4v) is 3.43. The molecule has 0 N–H and O–H groups in total. The Labute approximate surface area is 179 Å². The first-order valence-corrected chi connectivity index (χ1v) is 9.56. The van der Waals surface area contributed by atoms with Crippen molar-refractivity contribution in [1.29, 1.82) is 0 Å². The van der Waals surface area contributed by atoms with E-state index in [0.717, 1.165) is 11.3 Å². The highest BCUT2D eigenvalue weighted by atomic mass is 16.6. The number of nitro groups is 1. The zero-order valence-corrected chi connectivity index (χ0v) is 17.5. The van der Waals surface area contributed by atoms with Crippen molar-refractivity contribution in [3.05, 3.63) is 86.6 Å². The summed E-state index contributed by atoms with van der Waals surface area (Å²) >= 11 is 0. The minimum atomic E-state index is -0.630. The number of ether oxygens (including phenoxy) is 2. The third kappa shape index (κ3) is 4.63. The number of methoxy groups -OCH3 is 2. The number of nitrogens with zero attached hydrogens (tertiary/aromatic N) is 2. The van der Waals surface area contributed by atoms with Gasteiger partial charge in [-0.15, -0.1) is 0 Å². The lowest BCUT2D eigenvalue weighted by Gasteiger charge is -2.18. The zero-order chi connectivity index (χ0) is 22.5. The topological polar surface area (TPSA) is 99.0 Å². The Morgan fingerprint density at radius 3 is 2.48 bits per heavy atom. The van der Waals surface area contributed by atoms with E-state index in [1.165, 1.54) is 36.3 Å². The molecule has 31 heavy (non-hydrogen) atoms. The van der Waals surface area contributed by atoms with E-state index < -0.39 is 10.9 Å². The monoisotopic (exact) mass is 422 g/mol. The van der Waals surface area contributed by atoms with Gasteiger partial charge >= 0.3 is 5.97 Å². The largest absolute Gasteiger partial charge is 0.497 e. The summed E-state index contributed by atoms with van der Waals surface area (Å²) in [6.45, 7) is 2.05. The van der Waals surface area contributed by atoms with Gasteiger partial charge in [0.05, 0.1) is 30.3 Å². The van der Waals surface area contributed by atoms with Crippen LogP contribution in [0.3, 0.4) is 0 Å². The van der Waals surface area contributed by atoms with E-state index in [4.69, 9.17) is 9.47 Å². The second-order valence-corrected chi connectivity index (χ2v) is 6.92. The van der Waals surface area contributed by atoms with Crippen molar-refractivity contribution in [1.82, 2.24) is 4.90 Å². The molecule has 0 spiro atoms. The molecular formula is C23H22N2O6. The molecule has 8 heteroatoms. The van der Waals surface area contributed by atoms with Crippen LogP contribution in [0.25, 0.3) is 6.08 Å². The molecule has 0 aliphatic carbocycles. The van der Waals surface area contributed by atoms with Crippen molar-refractivity contribution in [2.24, 2.45) is 0 Å². The third-order valence-electron chi connectivity index (χ3n) is 5.08. The van der Waals surface area contributed by atoms with Gasteiger partial charge in [-0.1, -0.05) is 24.3 Å². The van der Waals surface area contributed by atoms with Crippen LogP contribution in [-0.2, 0) is 20.7 Å². The second kappa shape index (κ2) is 9.25. The first-order valence-electron chi connectivity index (χ1n) is 9.56. The Kier molecular flexibility index (Phi) is 6.49. The Morgan fingerprint density at radius 1 is 1.16 bits per heavy atom. The van der Waals surface area contributed by atoms with Crippen molar-refractivity contribution in [3.63, 3.8) is 0 Å². The van der Waals surface area contributed by atoms with Gasteiger partial charge in [-0.25, -0.2) is 4.79 Å². The lowest BCUT2D eigenvalue weighted by Crippen LogP contribution is -2.27. The van der Waals surface area contributed by atoms with Crippen molar-refractivity contribution < 1.29 is 24.0 Å². The highest BCUT2D eigenvalue weighted by Gasteiger charge is 2.36. The molecule has 2 aromatic rings. The number of carbonyl (C=O) groups excluding carboxylic acids is 2. The van der Waals surface area contributed by atoms with Gasteiger partial charge in [-0.2, -0.15) is 0 Å². The number of hydrogen-bond donors (Lipinski definition) is 0. The number of esters is 1. The molecule has 1 aliphatic rings. The molecule has 2 aromatic carbocycles. The summed E-state index contributed by atoms with van der Waals surface area (Å²) in [5.74, 6) is -0.236. The molecule has 1 heterocycles. The van der Waals surface area contributed by atoms with E-state index in [1.807, 2.05) is 24.3 Å². The minimum absolute atomic E-state index is 0.100. The second-order valence-electron chi connectivity index (χ2n) is 6.92. The van der Waals surface area contributed by atoms with Crippen molar-refractivity contribution >= 4 is 23.6 Å². The van der Waals surface area contributed by atoms with E-state index in [0.29, 0.717) is 24.2 Å². The van der Waals surface area contributed by atoms with E-state index in [1.54, 1.807) is 20.1 Å². The summed E-state index contributed by atoms with van der Waals surface area (Å²) in [6.07, 6.45) is 2.06. The Hall–Kier alpha value is -3.94. The molecule has 1 aliphatic heterocycles. The molecule has 8 nitrogen and oxygen atoms in total. The molecule has 0 saturated carbocycles. The number of nitro benzene ring substituents is 1. The van der Waals surface area contributed by atoms with Crippen molar-refractivity contribution in [3.8, 4) is 5.75 Å². The highest BCUT2D eigenvalue weighted by Crippen LogP contribution is 2.32. The van der Waals surface area contributed by atoms with Gasteiger partial charge in [0, 0.05) is 24.4 Å². The first kappa shape index (κ1) is 21.8. The molecule has 0 fully saturated rings. The van der Waals surface area contributed by atoms with Gasteiger partial charge in [-0.3, -0.25) is 14.9 Å². The highest BCUT2D eigenvalue weighted by molar-refractivity contribution is 6.16. The Morgan fingerprint density at radius 2 is 1.87 bits per heavy atom. The van der Waals surface area contributed by atoms with Crippen molar-refractivity contribution in [2.75, 3.05) is 20.8 Å². The maximum absolute atomic E-state index is 13.1. The van der Waals surface area contributed by atoms with E-state index in [2.05, 4.69) is 0 Å². The summed E-state index contributed by atoms with van der Waals surface area (Å²) in [7, 11) is 2.84. The number of non-ortho nitro benzene ring substituents is 1. The van der Waals surface area contributed by atoms with Gasteiger partial charge in [0.2, 0.25) is 0 Å². The van der Waals surface area contributed by atoms with Crippen LogP contribution in [-0.4, -0.2) is 42.5 Å². The molecule has 0 atom stereocenters. The maximum atomic E-state index is 13.1. The summed E-state index contributed by atoms with van der Waals surface area (Å²) in [4.78, 5) is 37.6. The van der Waals surface area contributed by atoms with E-state index in [-0.39, 0.29) is 22.7 Å². The average molecular weight is 422 g/mol. The molecular weight excluding hydrogens is 400 g/mol. The van der Waals surface area contributed by atoms with Crippen LogP contribution in [0.4, 0.5) is 5.69 Å². The number of allylic oxidation sites excluding steroid dienone is 1. The summed E-state index contributed by atoms with van der Waals surface area (Å²) in [5, 5.41) is 11.1. The van der Waals surface area contributed by atoms with Crippen LogP contribution in [0, 0.1) is 10.1 Å². The zero-order valence-electron chi connectivity index (χ0n) is 17.5. The van der Waals surface area contributed by atoms with Crippen LogP contribution >= 0.6 is 0 Å². The SMILES string of the molecule is COC(=O)C1=C(C)N(CCc2ccc(OC)cc2)C(=O)C1=Cc1cccc([N+](=O)[O-])c1. The van der Waals surface area contributed by atoms with E-state index in [9.17, 15) is 19.7 Å². The fraction of sp³-hybridized carbons (Fsp3) is 0.217. The molecule has 3 rings (SSSR count). The lowest BCUT2D eigenvalue weighted by molar-refractivity contribution is -0.384. The van der Waals surface area contributed by atoms with Crippen LogP contribution in [0.5, 0.6) is 5.75 Å². The maximum Gasteiger partial charge on any atom is 0.340 e. The molecule has 0 radical (unpaired) electrons. The molecule has 0 saturated heterocycles. The van der Waals surface area contributed by atoms with Crippen LogP contribution in [0.15, 0.2) is 65.4 Å². The summed E-state index contributed by atoms with van der Waals surface area (Å²) < 4.78 is 10.0. The first-order chi connectivity index (χ1) is 14.8. The van der Waals surface area contributed by atoms with Gasteiger partial charge in [0.15, 0.2) is 0 Å². The van der Waals surface area contributed by atoms with Gasteiger partial charge in [-0.05, 0) is 42.7 Å². The smallest absolute Gasteiger partial charge is 0.340 e. The van der Waals surface area contributed by atoms with E-state index >= 15 is 0 Å². The quantitative estimate of drug-likeness (QED) is 0.293. The standard InChI is InChI=1S/C23H22N2O6/c1-15-21(23(27)31-3)20(14-17-5-4-6-18(13-17)25(28)29)22(26)24(15)12-11-16-7-9-19(30-2)10-8-16/h4-10,13-14H,11-12H2,1-3H3. The Bertz CT molecular complexity index is 1090. The number of amides is 1. The number of hydrogen-bond acceptors (Lipinski definition) is 6. The molecule has 0 bridgehead atoms. The minimum Gasteiger partial charge on any atom is -0.497 e. The van der Waals surface area contributed by atoms with Gasteiger partial charge in [0.25, 0.3) is 11.6 Å². The lowest BCUT2D eigenvalue weighted by atomic mass is 10.0. The fourth-order valence-electron chi connectivity index (χ4n) is 3.43. The Balaban J connectivity index is 1.91.